The Bertz CT molecular complexity index is 308. The van der Waals surface area contributed by atoms with Crippen LogP contribution in [0.15, 0.2) is 0 Å². The van der Waals surface area contributed by atoms with Gasteiger partial charge in [0.05, 0.1) is 8.07 Å². The quantitative estimate of drug-likeness (QED) is 0.321. The third-order valence-corrected chi connectivity index (χ3v) is 5.55. The van der Waals surface area contributed by atoms with E-state index in [4.69, 9.17) is 31.9 Å². The zero-order valence-electron chi connectivity index (χ0n) is 12.1. The standard InChI is InChI=1S/C7H17NO3Si.C4H9NO3/c1-12(2,3)5(4-9)6(8)7(10)11;5-3(1-2-6)4(7)8/h5-6,9H,4,8H2,1-3H3,(H,10,11);3,6H,1-2,5H2,(H,7,8)/t5?,6-;3-/m00/s1. The fourth-order valence-electron chi connectivity index (χ4n) is 1.36. The monoisotopic (exact) mass is 310 g/mol. The molecule has 0 aliphatic carbocycles. The third-order valence-electron chi connectivity index (χ3n) is 2.79. The summed E-state index contributed by atoms with van der Waals surface area (Å²) in [6.45, 7) is 5.68. The molecule has 0 aromatic heterocycles. The second-order valence-electron chi connectivity index (χ2n) is 5.48. The number of carboxylic acid groups (broad SMARTS) is 2. The molecule has 9 heteroatoms. The first kappa shape index (κ1) is 21.3. The van der Waals surface area contributed by atoms with Gasteiger partial charge in [0.15, 0.2) is 0 Å². The number of hydrogen-bond acceptors (Lipinski definition) is 6. The van der Waals surface area contributed by atoms with E-state index in [9.17, 15) is 9.59 Å². The number of aliphatic hydroxyl groups excluding tert-OH is 2. The lowest BCUT2D eigenvalue weighted by Crippen LogP contribution is -2.47. The Hall–Kier alpha value is -1.00. The highest BCUT2D eigenvalue weighted by atomic mass is 28.3. The number of hydrogen-bond donors (Lipinski definition) is 6. The normalized spacial score (nSPS) is 15.6. The highest BCUT2D eigenvalue weighted by Crippen LogP contribution is 2.23. The summed E-state index contributed by atoms with van der Waals surface area (Å²) in [6.07, 6.45) is 0.120. The molecule has 120 valence electrons. The second kappa shape index (κ2) is 9.83. The zero-order chi connectivity index (χ0) is 16.5. The van der Waals surface area contributed by atoms with Gasteiger partial charge in [-0.2, -0.15) is 0 Å². The van der Waals surface area contributed by atoms with Crippen molar-refractivity contribution in [1.82, 2.24) is 0 Å². The number of carbonyl (C=O) groups is 2. The Kier molecular flexibility index (Phi) is 10.5. The molecule has 8 N–H and O–H groups in total. The maximum atomic E-state index is 10.5. The molecule has 0 saturated carbocycles. The Morgan fingerprint density at radius 3 is 1.60 bits per heavy atom. The summed E-state index contributed by atoms with van der Waals surface area (Å²) in [6, 6.07) is -1.85. The Labute approximate surface area is 119 Å². The van der Waals surface area contributed by atoms with Crippen LogP contribution < -0.4 is 11.5 Å². The van der Waals surface area contributed by atoms with Crippen molar-refractivity contribution in [3.63, 3.8) is 0 Å². The Morgan fingerprint density at radius 1 is 1.05 bits per heavy atom. The lowest BCUT2D eigenvalue weighted by molar-refractivity contribution is -0.139. The van der Waals surface area contributed by atoms with Crippen molar-refractivity contribution in [2.75, 3.05) is 13.2 Å². The lowest BCUT2D eigenvalue weighted by Gasteiger charge is -2.29. The van der Waals surface area contributed by atoms with E-state index in [-0.39, 0.29) is 25.2 Å². The minimum atomic E-state index is -1.67. The molecule has 3 atom stereocenters. The highest BCUT2D eigenvalue weighted by molar-refractivity contribution is 6.78. The summed E-state index contributed by atoms with van der Waals surface area (Å²) in [5.41, 5.74) is 10.1. The predicted molar refractivity (Wildman–Crippen MR) is 77.1 cm³/mol. The predicted octanol–water partition coefficient (Wildman–Crippen LogP) is -1.12. The molecular weight excluding hydrogens is 284 g/mol. The third kappa shape index (κ3) is 8.99. The van der Waals surface area contributed by atoms with Gasteiger partial charge in [0.1, 0.15) is 12.1 Å². The molecule has 0 radical (unpaired) electrons. The highest BCUT2D eigenvalue weighted by Gasteiger charge is 2.34. The van der Waals surface area contributed by atoms with Gasteiger partial charge in [-0.3, -0.25) is 9.59 Å². The number of aliphatic carboxylic acids is 2. The molecule has 20 heavy (non-hydrogen) atoms. The van der Waals surface area contributed by atoms with Crippen LogP contribution in [-0.2, 0) is 9.59 Å². The van der Waals surface area contributed by atoms with E-state index in [0.717, 1.165) is 0 Å². The molecule has 0 amide bonds. The van der Waals surface area contributed by atoms with Crippen molar-refractivity contribution in [2.24, 2.45) is 11.5 Å². The van der Waals surface area contributed by atoms with Gasteiger partial charge in [-0.15, -0.1) is 0 Å². The Morgan fingerprint density at radius 2 is 1.50 bits per heavy atom. The average molecular weight is 310 g/mol. The topological polar surface area (TPSA) is 167 Å². The molecule has 0 heterocycles. The van der Waals surface area contributed by atoms with E-state index in [2.05, 4.69) is 0 Å². The maximum Gasteiger partial charge on any atom is 0.320 e. The number of aliphatic hydroxyl groups is 2. The second-order valence-corrected chi connectivity index (χ2v) is 10.9. The largest absolute Gasteiger partial charge is 0.480 e. The summed E-state index contributed by atoms with van der Waals surface area (Å²) in [5, 5.41) is 33.8. The van der Waals surface area contributed by atoms with Gasteiger partial charge in [0, 0.05) is 18.8 Å². The zero-order valence-corrected chi connectivity index (χ0v) is 13.1. The molecule has 0 aliphatic heterocycles. The van der Waals surface area contributed by atoms with Gasteiger partial charge >= 0.3 is 11.9 Å². The summed E-state index contributed by atoms with van der Waals surface area (Å²) in [7, 11) is -1.67. The van der Waals surface area contributed by atoms with Crippen LogP contribution in [0.1, 0.15) is 6.42 Å². The summed E-state index contributed by atoms with van der Waals surface area (Å²) >= 11 is 0. The van der Waals surface area contributed by atoms with Crippen molar-refractivity contribution < 1.29 is 30.0 Å². The first-order valence-electron chi connectivity index (χ1n) is 6.17. The summed E-state index contributed by atoms with van der Waals surface area (Å²) in [4.78, 5) is 20.4. The SMILES string of the molecule is C[Si](C)(C)C(CO)[C@H](N)C(=O)O.N[C@@H](CCO)C(=O)O. The van der Waals surface area contributed by atoms with Crippen LogP contribution in [-0.4, -0.2) is 65.7 Å². The molecule has 0 spiro atoms. The van der Waals surface area contributed by atoms with Crippen LogP contribution in [0.4, 0.5) is 0 Å². The smallest absolute Gasteiger partial charge is 0.320 e. The molecule has 0 aromatic rings. The number of nitrogens with two attached hydrogens (primary N) is 2. The molecule has 0 bridgehead atoms. The van der Waals surface area contributed by atoms with E-state index >= 15 is 0 Å². The van der Waals surface area contributed by atoms with E-state index in [1.165, 1.54) is 0 Å². The molecule has 8 nitrogen and oxygen atoms in total. The van der Waals surface area contributed by atoms with Gasteiger partial charge < -0.3 is 31.9 Å². The molecule has 0 aromatic carbocycles. The molecule has 0 fully saturated rings. The van der Waals surface area contributed by atoms with Gasteiger partial charge in [0.2, 0.25) is 0 Å². The van der Waals surface area contributed by atoms with Crippen LogP contribution in [0.3, 0.4) is 0 Å². The van der Waals surface area contributed by atoms with Gasteiger partial charge in [-0.25, -0.2) is 0 Å². The molecule has 0 rings (SSSR count). The minimum Gasteiger partial charge on any atom is -0.480 e. The van der Waals surface area contributed by atoms with E-state index in [1.807, 2.05) is 19.6 Å². The average Bonchev–Trinajstić information content (AvgIpc) is 2.28. The maximum absolute atomic E-state index is 10.5. The fourth-order valence-corrected chi connectivity index (χ4v) is 3.13. The van der Waals surface area contributed by atoms with Crippen LogP contribution in [0.2, 0.25) is 25.2 Å². The van der Waals surface area contributed by atoms with Crippen LogP contribution in [0, 0.1) is 0 Å². The number of carboxylic acids is 2. The van der Waals surface area contributed by atoms with Crippen LogP contribution in [0.25, 0.3) is 0 Å². The summed E-state index contributed by atoms with van der Waals surface area (Å²) in [5.74, 6) is -2.10. The molecule has 0 saturated heterocycles. The van der Waals surface area contributed by atoms with Crippen LogP contribution >= 0.6 is 0 Å². The van der Waals surface area contributed by atoms with Crippen molar-refractivity contribution in [3.05, 3.63) is 0 Å². The van der Waals surface area contributed by atoms with Crippen molar-refractivity contribution in [3.8, 4) is 0 Å². The first-order chi connectivity index (χ1) is 8.98. The Balaban J connectivity index is 0. The van der Waals surface area contributed by atoms with Gasteiger partial charge in [0.25, 0.3) is 0 Å². The van der Waals surface area contributed by atoms with Crippen molar-refractivity contribution in [1.29, 1.82) is 0 Å². The molecule has 0 aliphatic rings. The van der Waals surface area contributed by atoms with Gasteiger partial charge in [-0.05, 0) is 6.42 Å². The van der Waals surface area contributed by atoms with Crippen molar-refractivity contribution in [2.45, 2.75) is 43.7 Å². The number of rotatable bonds is 7. The van der Waals surface area contributed by atoms with E-state index < -0.39 is 32.1 Å². The molecule has 1 unspecified atom stereocenters. The molecular formula is C11H26N2O6Si. The van der Waals surface area contributed by atoms with Gasteiger partial charge in [-0.1, -0.05) is 19.6 Å². The fraction of sp³-hybridized carbons (Fsp3) is 0.818. The van der Waals surface area contributed by atoms with E-state index in [0.29, 0.717) is 0 Å². The van der Waals surface area contributed by atoms with E-state index in [1.54, 1.807) is 0 Å². The van der Waals surface area contributed by atoms with Crippen LogP contribution in [0.5, 0.6) is 0 Å². The lowest BCUT2D eigenvalue weighted by atomic mass is 10.2. The summed E-state index contributed by atoms with van der Waals surface area (Å²) < 4.78 is 0. The first-order valence-corrected chi connectivity index (χ1v) is 9.75. The van der Waals surface area contributed by atoms with Crippen molar-refractivity contribution >= 4 is 20.0 Å². The minimum absolute atomic E-state index is 0.120.